The maximum Gasteiger partial charge on any atom is 0.225 e. The average molecular weight is 301 g/mol. The second-order valence-corrected chi connectivity index (χ2v) is 6.00. The molecule has 1 aliphatic heterocycles. The van der Waals surface area contributed by atoms with Crippen molar-refractivity contribution in [1.82, 2.24) is 9.97 Å². The molecule has 0 amide bonds. The Morgan fingerprint density at radius 2 is 1.86 bits per heavy atom. The standard InChI is InChI=1S/C17H20FN3O/c18-15-4-1-3-14(11-15)12-17(13-22)5-9-21(10-6-17)16-19-7-2-8-20-16/h1-4,7-8,11,22H,5-6,9-10,12-13H2. The fourth-order valence-electron chi connectivity index (χ4n) is 3.11. The van der Waals surface area contributed by atoms with Gasteiger partial charge in [-0.3, -0.25) is 0 Å². The summed E-state index contributed by atoms with van der Waals surface area (Å²) in [5.41, 5.74) is 0.762. The summed E-state index contributed by atoms with van der Waals surface area (Å²) in [5, 5.41) is 9.89. The summed E-state index contributed by atoms with van der Waals surface area (Å²) in [6.07, 6.45) is 5.87. The maximum atomic E-state index is 13.3. The highest BCUT2D eigenvalue weighted by Crippen LogP contribution is 2.35. The molecule has 1 fully saturated rings. The number of aliphatic hydroxyl groups is 1. The van der Waals surface area contributed by atoms with Crippen LogP contribution in [-0.2, 0) is 6.42 Å². The average Bonchev–Trinajstić information content (AvgIpc) is 2.56. The molecule has 4 nitrogen and oxygen atoms in total. The van der Waals surface area contributed by atoms with Crippen LogP contribution in [-0.4, -0.2) is 34.8 Å². The predicted octanol–water partition coefficient (Wildman–Crippen LogP) is 2.44. The molecule has 0 saturated carbocycles. The molecule has 3 rings (SSSR count). The van der Waals surface area contributed by atoms with E-state index in [1.165, 1.54) is 6.07 Å². The van der Waals surface area contributed by atoms with Gasteiger partial charge in [0, 0.05) is 37.5 Å². The van der Waals surface area contributed by atoms with Crippen LogP contribution in [0.15, 0.2) is 42.7 Å². The molecule has 2 heterocycles. The van der Waals surface area contributed by atoms with Crippen molar-refractivity contribution in [3.63, 3.8) is 0 Å². The van der Waals surface area contributed by atoms with Crippen LogP contribution in [0.25, 0.3) is 0 Å². The van der Waals surface area contributed by atoms with E-state index in [9.17, 15) is 9.50 Å². The number of aromatic nitrogens is 2. The number of aliphatic hydroxyl groups excluding tert-OH is 1. The predicted molar refractivity (Wildman–Crippen MR) is 83.1 cm³/mol. The zero-order valence-electron chi connectivity index (χ0n) is 12.5. The van der Waals surface area contributed by atoms with Crippen molar-refractivity contribution in [2.24, 2.45) is 5.41 Å². The molecule has 0 bridgehead atoms. The third kappa shape index (κ3) is 3.25. The second kappa shape index (κ2) is 6.40. The molecule has 1 N–H and O–H groups in total. The zero-order chi connectivity index (χ0) is 15.4. The smallest absolute Gasteiger partial charge is 0.225 e. The number of hydrogen-bond donors (Lipinski definition) is 1. The summed E-state index contributed by atoms with van der Waals surface area (Å²) >= 11 is 0. The third-order valence-electron chi connectivity index (χ3n) is 4.46. The number of anilines is 1. The number of benzene rings is 1. The normalized spacial score (nSPS) is 17.5. The lowest BCUT2D eigenvalue weighted by Crippen LogP contribution is -2.43. The summed E-state index contributed by atoms with van der Waals surface area (Å²) in [5.74, 6) is 0.514. The summed E-state index contributed by atoms with van der Waals surface area (Å²) in [7, 11) is 0. The fourth-order valence-corrected chi connectivity index (χ4v) is 3.11. The lowest BCUT2D eigenvalue weighted by Gasteiger charge is -2.41. The van der Waals surface area contributed by atoms with Crippen LogP contribution in [0.2, 0.25) is 0 Å². The van der Waals surface area contributed by atoms with Gasteiger partial charge in [0.15, 0.2) is 0 Å². The van der Waals surface area contributed by atoms with E-state index < -0.39 is 0 Å². The second-order valence-electron chi connectivity index (χ2n) is 6.00. The van der Waals surface area contributed by atoms with E-state index in [2.05, 4.69) is 14.9 Å². The first kappa shape index (κ1) is 14.9. The first-order valence-corrected chi connectivity index (χ1v) is 7.58. The van der Waals surface area contributed by atoms with Gasteiger partial charge in [-0.15, -0.1) is 0 Å². The first-order valence-electron chi connectivity index (χ1n) is 7.58. The maximum absolute atomic E-state index is 13.3. The molecule has 1 aliphatic rings. The molecule has 116 valence electrons. The van der Waals surface area contributed by atoms with Crippen LogP contribution < -0.4 is 4.90 Å². The molecule has 1 aromatic carbocycles. The Kier molecular flexibility index (Phi) is 4.34. The first-order chi connectivity index (χ1) is 10.7. The van der Waals surface area contributed by atoms with Gasteiger partial charge in [-0.25, -0.2) is 14.4 Å². The van der Waals surface area contributed by atoms with Crippen LogP contribution in [0.5, 0.6) is 0 Å². The van der Waals surface area contributed by atoms with E-state index in [0.717, 1.165) is 37.4 Å². The van der Waals surface area contributed by atoms with E-state index in [1.54, 1.807) is 30.6 Å². The van der Waals surface area contributed by atoms with Gasteiger partial charge >= 0.3 is 0 Å². The van der Waals surface area contributed by atoms with Crippen LogP contribution in [0.3, 0.4) is 0 Å². The van der Waals surface area contributed by atoms with E-state index >= 15 is 0 Å². The summed E-state index contributed by atoms with van der Waals surface area (Å²) in [6, 6.07) is 8.46. The minimum atomic E-state index is -0.222. The van der Waals surface area contributed by atoms with Gasteiger partial charge in [0.1, 0.15) is 5.82 Å². The molecule has 0 radical (unpaired) electrons. The molecule has 0 unspecified atom stereocenters. The molecule has 0 aliphatic carbocycles. The van der Waals surface area contributed by atoms with Crippen molar-refractivity contribution in [2.75, 3.05) is 24.6 Å². The zero-order valence-corrected chi connectivity index (χ0v) is 12.5. The number of piperidine rings is 1. The van der Waals surface area contributed by atoms with Gasteiger partial charge in [-0.05, 0) is 43.0 Å². The van der Waals surface area contributed by atoms with E-state index in [1.807, 2.05) is 6.07 Å². The number of nitrogens with zero attached hydrogens (tertiary/aromatic N) is 3. The summed E-state index contributed by atoms with van der Waals surface area (Å²) < 4.78 is 13.3. The lowest BCUT2D eigenvalue weighted by molar-refractivity contribution is 0.0958. The van der Waals surface area contributed by atoms with Crippen LogP contribution in [0.1, 0.15) is 18.4 Å². The Balaban J connectivity index is 1.69. The van der Waals surface area contributed by atoms with Crippen molar-refractivity contribution in [3.05, 3.63) is 54.1 Å². The van der Waals surface area contributed by atoms with Gasteiger partial charge in [0.05, 0.1) is 0 Å². The summed E-state index contributed by atoms with van der Waals surface area (Å²) in [4.78, 5) is 10.7. The number of rotatable bonds is 4. The largest absolute Gasteiger partial charge is 0.396 e. The molecule has 1 saturated heterocycles. The summed E-state index contributed by atoms with van der Waals surface area (Å²) in [6.45, 7) is 1.73. The van der Waals surface area contributed by atoms with Crippen molar-refractivity contribution < 1.29 is 9.50 Å². The van der Waals surface area contributed by atoms with Crippen LogP contribution in [0.4, 0.5) is 10.3 Å². The number of hydrogen-bond acceptors (Lipinski definition) is 4. The number of halogens is 1. The Morgan fingerprint density at radius 3 is 2.50 bits per heavy atom. The molecular formula is C17H20FN3O. The Morgan fingerprint density at radius 1 is 1.14 bits per heavy atom. The minimum Gasteiger partial charge on any atom is -0.396 e. The Hall–Kier alpha value is -2.01. The quantitative estimate of drug-likeness (QED) is 0.942. The fraction of sp³-hybridized carbons (Fsp3) is 0.412. The molecule has 0 atom stereocenters. The lowest BCUT2D eigenvalue weighted by atomic mass is 9.74. The highest BCUT2D eigenvalue weighted by atomic mass is 19.1. The topological polar surface area (TPSA) is 49.2 Å². The molecule has 0 spiro atoms. The van der Waals surface area contributed by atoms with Crippen molar-refractivity contribution >= 4 is 5.95 Å². The van der Waals surface area contributed by atoms with Gasteiger partial charge < -0.3 is 10.0 Å². The van der Waals surface area contributed by atoms with E-state index in [4.69, 9.17) is 0 Å². The van der Waals surface area contributed by atoms with Gasteiger partial charge in [0.25, 0.3) is 0 Å². The minimum absolute atomic E-state index is 0.118. The molecule has 5 heteroatoms. The molecular weight excluding hydrogens is 281 g/mol. The highest BCUT2D eigenvalue weighted by molar-refractivity contribution is 5.30. The highest BCUT2D eigenvalue weighted by Gasteiger charge is 2.34. The monoisotopic (exact) mass is 301 g/mol. The molecule has 2 aromatic rings. The Labute approximate surface area is 129 Å². The van der Waals surface area contributed by atoms with Crippen molar-refractivity contribution in [3.8, 4) is 0 Å². The van der Waals surface area contributed by atoms with E-state index in [-0.39, 0.29) is 17.8 Å². The Bertz CT molecular complexity index is 612. The van der Waals surface area contributed by atoms with Gasteiger partial charge in [-0.2, -0.15) is 0 Å². The SMILES string of the molecule is OCC1(Cc2cccc(F)c2)CCN(c2ncccn2)CC1. The van der Waals surface area contributed by atoms with Gasteiger partial charge in [-0.1, -0.05) is 12.1 Å². The van der Waals surface area contributed by atoms with Crippen LogP contribution >= 0.6 is 0 Å². The third-order valence-corrected chi connectivity index (χ3v) is 4.46. The van der Waals surface area contributed by atoms with E-state index in [0.29, 0.717) is 6.42 Å². The van der Waals surface area contributed by atoms with Crippen LogP contribution in [0, 0.1) is 11.2 Å². The van der Waals surface area contributed by atoms with Gasteiger partial charge in [0.2, 0.25) is 5.95 Å². The van der Waals surface area contributed by atoms with Crippen molar-refractivity contribution in [2.45, 2.75) is 19.3 Å². The molecule has 1 aromatic heterocycles. The molecule has 22 heavy (non-hydrogen) atoms. The van der Waals surface area contributed by atoms with Crippen molar-refractivity contribution in [1.29, 1.82) is 0 Å².